The fourth-order valence-electron chi connectivity index (χ4n) is 0.248. The van der Waals surface area contributed by atoms with E-state index in [4.69, 9.17) is 5.73 Å². The predicted octanol–water partition coefficient (Wildman–Crippen LogP) is 0.107. The van der Waals surface area contributed by atoms with E-state index in [1.807, 2.05) is 20.8 Å². The van der Waals surface area contributed by atoms with E-state index >= 15 is 0 Å². The van der Waals surface area contributed by atoms with Gasteiger partial charge in [-0.05, 0) is 6.54 Å². The summed E-state index contributed by atoms with van der Waals surface area (Å²) in [5.41, 5.74) is 4.78. The van der Waals surface area contributed by atoms with Gasteiger partial charge in [-0.1, -0.05) is 20.8 Å². The molecule has 0 atom stereocenters. The van der Waals surface area contributed by atoms with Crippen LogP contribution in [0.3, 0.4) is 0 Å². The van der Waals surface area contributed by atoms with Gasteiger partial charge < -0.3 is 11.1 Å². The van der Waals surface area contributed by atoms with E-state index in [0.717, 1.165) is 6.54 Å². The number of hydrogen-bond donors (Lipinski definition) is 2. The molecule has 3 heteroatoms. The molecule has 0 saturated heterocycles. The highest BCUT2D eigenvalue weighted by molar-refractivity contribution is 5.75. The van der Waals surface area contributed by atoms with E-state index in [0.29, 0.717) is 0 Å². The van der Waals surface area contributed by atoms with Crippen molar-refractivity contribution in [2.24, 2.45) is 5.73 Å². The summed E-state index contributed by atoms with van der Waals surface area (Å²) in [6, 6.07) is 0. The highest BCUT2D eigenvalue weighted by atomic mass is 16.1. The fraction of sp³-hybridized carbons (Fsp3) is 0.833. The number of nitrogens with two attached hydrogens (primary N) is 1. The number of amides is 1. The van der Waals surface area contributed by atoms with Crippen LogP contribution in [0.25, 0.3) is 0 Å². The molecule has 0 saturated carbocycles. The Kier molecular flexibility index (Phi) is 13.0. The molecule has 9 heavy (non-hydrogen) atoms. The summed E-state index contributed by atoms with van der Waals surface area (Å²) < 4.78 is 0. The third kappa shape index (κ3) is 18.6. The van der Waals surface area contributed by atoms with Crippen molar-refractivity contribution in [2.45, 2.75) is 20.8 Å². The highest BCUT2D eigenvalue weighted by Gasteiger charge is 1.86. The van der Waals surface area contributed by atoms with Crippen LogP contribution in [-0.4, -0.2) is 19.0 Å². The molecular formula is C6H16N2O. The van der Waals surface area contributed by atoms with Crippen LogP contribution in [0.2, 0.25) is 0 Å². The monoisotopic (exact) mass is 132 g/mol. The zero-order valence-electron chi connectivity index (χ0n) is 6.40. The zero-order chi connectivity index (χ0) is 7.70. The maximum Gasteiger partial charge on any atom is 0.231 e. The number of primary amides is 1. The topological polar surface area (TPSA) is 55.1 Å². The third-order valence-corrected chi connectivity index (χ3v) is 0.549. The number of hydrogen-bond acceptors (Lipinski definition) is 2. The van der Waals surface area contributed by atoms with Crippen molar-refractivity contribution in [3.63, 3.8) is 0 Å². The van der Waals surface area contributed by atoms with Crippen LogP contribution in [0, 0.1) is 0 Å². The van der Waals surface area contributed by atoms with Crippen molar-refractivity contribution in [2.75, 3.05) is 13.1 Å². The minimum atomic E-state index is -0.304. The van der Waals surface area contributed by atoms with Crippen LogP contribution in [0.4, 0.5) is 0 Å². The Morgan fingerprint density at radius 2 is 2.00 bits per heavy atom. The maximum absolute atomic E-state index is 9.92. The number of carbonyl (C=O) groups excluding carboxylic acids is 1. The largest absolute Gasteiger partial charge is 0.369 e. The lowest BCUT2D eigenvalue weighted by molar-refractivity contribution is -0.117. The molecular weight excluding hydrogens is 116 g/mol. The van der Waals surface area contributed by atoms with Gasteiger partial charge in [0, 0.05) is 0 Å². The molecule has 1 amide bonds. The van der Waals surface area contributed by atoms with Gasteiger partial charge in [0.1, 0.15) is 0 Å². The predicted molar refractivity (Wildman–Crippen MR) is 39.1 cm³/mol. The molecule has 0 aliphatic heterocycles. The molecule has 0 spiro atoms. The van der Waals surface area contributed by atoms with E-state index in [1.54, 1.807) is 0 Å². The molecule has 0 rings (SSSR count). The van der Waals surface area contributed by atoms with Crippen molar-refractivity contribution in [3.05, 3.63) is 0 Å². The van der Waals surface area contributed by atoms with Gasteiger partial charge in [0.2, 0.25) is 5.91 Å². The van der Waals surface area contributed by atoms with Gasteiger partial charge in [0.15, 0.2) is 0 Å². The van der Waals surface area contributed by atoms with Gasteiger partial charge in [-0.25, -0.2) is 0 Å². The first-order valence-corrected chi connectivity index (χ1v) is 3.26. The molecule has 0 bridgehead atoms. The van der Waals surface area contributed by atoms with Crippen LogP contribution in [0.15, 0.2) is 0 Å². The Bertz CT molecular complexity index is 64.1. The molecule has 0 aromatic rings. The second-order valence-corrected chi connectivity index (χ2v) is 1.25. The SMILES string of the molecule is CC.CCNCC(N)=O. The first-order valence-electron chi connectivity index (χ1n) is 3.26. The second-order valence-electron chi connectivity index (χ2n) is 1.25. The number of likely N-dealkylation sites (N-methyl/N-ethyl adjacent to an activating group) is 1. The summed E-state index contributed by atoms with van der Waals surface area (Å²) in [7, 11) is 0. The van der Waals surface area contributed by atoms with Gasteiger partial charge >= 0.3 is 0 Å². The number of nitrogens with one attached hydrogen (secondary N) is 1. The Morgan fingerprint density at radius 1 is 1.56 bits per heavy atom. The van der Waals surface area contributed by atoms with Gasteiger partial charge in [0.05, 0.1) is 6.54 Å². The Labute approximate surface area is 56.6 Å². The number of carbonyl (C=O) groups is 1. The second kappa shape index (κ2) is 10.4. The van der Waals surface area contributed by atoms with E-state index in [2.05, 4.69) is 5.32 Å². The minimum absolute atomic E-state index is 0.288. The summed E-state index contributed by atoms with van der Waals surface area (Å²) >= 11 is 0. The van der Waals surface area contributed by atoms with Crippen molar-refractivity contribution in [1.82, 2.24) is 5.32 Å². The quantitative estimate of drug-likeness (QED) is 0.572. The van der Waals surface area contributed by atoms with Crippen molar-refractivity contribution in [3.8, 4) is 0 Å². The zero-order valence-corrected chi connectivity index (χ0v) is 6.40. The van der Waals surface area contributed by atoms with Crippen LogP contribution < -0.4 is 11.1 Å². The Hall–Kier alpha value is -0.570. The van der Waals surface area contributed by atoms with Crippen LogP contribution >= 0.6 is 0 Å². The molecule has 0 aliphatic carbocycles. The molecule has 3 N–H and O–H groups in total. The minimum Gasteiger partial charge on any atom is -0.369 e. The fourth-order valence-corrected chi connectivity index (χ4v) is 0.248. The number of rotatable bonds is 3. The molecule has 0 aromatic heterocycles. The molecule has 56 valence electrons. The van der Waals surface area contributed by atoms with E-state index < -0.39 is 0 Å². The highest BCUT2D eigenvalue weighted by Crippen LogP contribution is 1.52. The van der Waals surface area contributed by atoms with Crippen LogP contribution in [0.1, 0.15) is 20.8 Å². The first kappa shape index (κ1) is 11.3. The third-order valence-electron chi connectivity index (χ3n) is 0.549. The van der Waals surface area contributed by atoms with E-state index in [9.17, 15) is 4.79 Å². The summed E-state index contributed by atoms with van der Waals surface area (Å²) in [6.45, 7) is 7.00. The summed E-state index contributed by atoms with van der Waals surface area (Å²) in [5, 5.41) is 2.77. The van der Waals surface area contributed by atoms with Crippen LogP contribution in [0.5, 0.6) is 0 Å². The smallest absolute Gasteiger partial charge is 0.231 e. The van der Waals surface area contributed by atoms with Crippen molar-refractivity contribution in [1.29, 1.82) is 0 Å². The lowest BCUT2D eigenvalue weighted by atomic mass is 10.6. The maximum atomic E-state index is 9.92. The standard InChI is InChI=1S/C4H10N2O.C2H6/c1-2-6-3-4(5)7;1-2/h6H,2-3H2,1H3,(H2,5,7);1-2H3. The molecule has 0 unspecified atom stereocenters. The molecule has 3 nitrogen and oxygen atoms in total. The summed E-state index contributed by atoms with van der Waals surface area (Å²) in [6.07, 6.45) is 0. The summed E-state index contributed by atoms with van der Waals surface area (Å²) in [5.74, 6) is -0.304. The Balaban J connectivity index is 0. The molecule has 0 aliphatic rings. The van der Waals surface area contributed by atoms with Crippen LogP contribution in [-0.2, 0) is 4.79 Å². The molecule has 0 heterocycles. The lowest BCUT2D eigenvalue weighted by Crippen LogP contribution is -2.28. The lowest BCUT2D eigenvalue weighted by Gasteiger charge is -1.91. The normalized spacial score (nSPS) is 7.44. The van der Waals surface area contributed by atoms with Gasteiger partial charge in [-0.3, -0.25) is 4.79 Å². The van der Waals surface area contributed by atoms with Gasteiger partial charge in [-0.2, -0.15) is 0 Å². The average Bonchev–Trinajstić information content (AvgIpc) is 1.88. The molecule has 0 fully saturated rings. The van der Waals surface area contributed by atoms with Crippen molar-refractivity contribution >= 4 is 5.91 Å². The average molecular weight is 132 g/mol. The molecule has 0 radical (unpaired) electrons. The van der Waals surface area contributed by atoms with E-state index in [-0.39, 0.29) is 12.5 Å². The van der Waals surface area contributed by atoms with Gasteiger partial charge in [0.25, 0.3) is 0 Å². The Morgan fingerprint density at radius 3 is 2.11 bits per heavy atom. The molecule has 0 aromatic carbocycles. The van der Waals surface area contributed by atoms with Crippen molar-refractivity contribution < 1.29 is 4.79 Å². The summed E-state index contributed by atoms with van der Waals surface area (Å²) in [4.78, 5) is 9.92. The van der Waals surface area contributed by atoms with Gasteiger partial charge in [-0.15, -0.1) is 0 Å². The first-order chi connectivity index (χ1) is 4.27. The van der Waals surface area contributed by atoms with E-state index in [1.165, 1.54) is 0 Å².